The van der Waals surface area contributed by atoms with Gasteiger partial charge in [-0.2, -0.15) is 0 Å². The molecular weight excluding hydrogens is 316 g/mol. The lowest BCUT2D eigenvalue weighted by molar-refractivity contribution is 0.0976. The topological polar surface area (TPSA) is 47.9 Å². The highest BCUT2D eigenvalue weighted by Gasteiger charge is 2.07. The van der Waals surface area contributed by atoms with Gasteiger partial charge in [-0.25, -0.2) is 0 Å². The minimum absolute atomic E-state index is 0.0799. The van der Waals surface area contributed by atoms with E-state index in [1.165, 1.54) is 12.1 Å². The monoisotopic (exact) mass is 356 g/mol. The summed E-state index contributed by atoms with van der Waals surface area (Å²) in [7, 11) is -5.93. The molecule has 0 aliphatic rings. The zero-order valence-corrected chi connectivity index (χ0v) is 13.7. The lowest BCUT2D eigenvalue weighted by atomic mass is 10.0. The number of benzene rings is 2. The molecule has 4 heteroatoms. The average molecular weight is 357 g/mol. The summed E-state index contributed by atoms with van der Waals surface area (Å²) in [5, 5.41) is 10.5. The van der Waals surface area contributed by atoms with Crippen LogP contribution < -0.4 is 14.2 Å². The van der Waals surface area contributed by atoms with Crippen LogP contribution in [0.3, 0.4) is 0 Å². The van der Waals surface area contributed by atoms with Gasteiger partial charge in [0.25, 0.3) is 0 Å². The molecular formula is C21H28O4. The zero-order valence-electron chi connectivity index (χ0n) is 25.7. The molecule has 0 amide bonds. The molecule has 0 aliphatic carbocycles. The molecule has 0 heterocycles. The Morgan fingerprint density at radius 1 is 1.08 bits per heavy atom. The fraction of sp³-hybridized carbons (Fsp3) is 0.429. The molecule has 0 radical (unpaired) electrons. The predicted octanol–water partition coefficient (Wildman–Crippen LogP) is 4.16. The molecule has 1 atom stereocenters. The second-order valence-corrected chi connectivity index (χ2v) is 5.19. The maximum Gasteiger partial charge on any atom is 0.160 e. The predicted molar refractivity (Wildman–Crippen MR) is 99.8 cm³/mol. The Labute approximate surface area is 167 Å². The van der Waals surface area contributed by atoms with Crippen molar-refractivity contribution in [1.29, 1.82) is 0 Å². The van der Waals surface area contributed by atoms with Crippen LogP contribution in [0.25, 0.3) is 0 Å². The van der Waals surface area contributed by atoms with Gasteiger partial charge in [0.2, 0.25) is 0 Å². The standard InChI is InChI=1S/C21H28O4/c1-16-7-6-10-19(13-16)25-15-18(22)9-5-4-8-17-11-12-20(23-2)21(14-17)24-3/h6-7,10-14,18,22H,4-5,8-9,15H2,1-3H3/i2D3,3D3,8D2,9D2,15D2. The number of methoxy groups -OCH3 is 2. The lowest BCUT2D eigenvalue weighted by Gasteiger charge is -2.13. The Kier molecular flexibility index (Phi) is 3.36. The van der Waals surface area contributed by atoms with Crippen molar-refractivity contribution >= 4 is 0 Å². The Balaban J connectivity index is 2.23. The largest absolute Gasteiger partial charge is 0.493 e. The highest BCUT2D eigenvalue weighted by molar-refractivity contribution is 5.42. The van der Waals surface area contributed by atoms with E-state index in [0.29, 0.717) is 0 Å². The van der Waals surface area contributed by atoms with Crippen molar-refractivity contribution in [3.63, 3.8) is 0 Å². The molecule has 0 bridgehead atoms. The highest BCUT2D eigenvalue weighted by atomic mass is 16.5. The number of hydrogen-bond acceptors (Lipinski definition) is 4. The van der Waals surface area contributed by atoms with Gasteiger partial charge in [-0.15, -0.1) is 0 Å². The van der Waals surface area contributed by atoms with Crippen LogP contribution in [0.15, 0.2) is 42.5 Å². The molecule has 0 spiro atoms. The van der Waals surface area contributed by atoms with Gasteiger partial charge in [0, 0.05) is 5.48 Å². The Morgan fingerprint density at radius 3 is 2.72 bits per heavy atom. The summed E-state index contributed by atoms with van der Waals surface area (Å²) >= 11 is 0. The van der Waals surface area contributed by atoms with E-state index in [1.807, 2.05) is 0 Å². The third-order valence-corrected chi connectivity index (χ3v) is 3.23. The highest BCUT2D eigenvalue weighted by Crippen LogP contribution is 2.28. The number of rotatable bonds is 10. The number of aryl methyl sites for hydroxylation is 2. The van der Waals surface area contributed by atoms with Gasteiger partial charge in [-0.05, 0) is 61.5 Å². The SMILES string of the molecule is [2H]C([2H])([2H])Oc1ccc(C([2H])([2H])CCC([2H])([2H])C(O)C([2H])([2H])Oc2cccc(C)c2)cc1OC([2H])([2H])[2H]. The second kappa shape index (κ2) is 9.94. The van der Waals surface area contributed by atoms with Gasteiger partial charge < -0.3 is 19.3 Å². The van der Waals surface area contributed by atoms with Crippen LogP contribution in [-0.2, 0) is 6.37 Å². The molecule has 0 saturated carbocycles. The Hall–Kier alpha value is -2.20. The molecule has 0 aliphatic heterocycles. The molecule has 2 aromatic carbocycles. The number of aliphatic hydroxyl groups excluding tert-OH is 1. The summed E-state index contributed by atoms with van der Waals surface area (Å²) in [5.74, 6) is -0.928. The van der Waals surface area contributed by atoms with Crippen LogP contribution in [0.5, 0.6) is 17.2 Å². The van der Waals surface area contributed by atoms with Crippen LogP contribution in [0.2, 0.25) is 0 Å². The van der Waals surface area contributed by atoms with Crippen LogP contribution >= 0.6 is 0 Å². The van der Waals surface area contributed by atoms with E-state index in [-0.39, 0.29) is 11.3 Å². The first kappa shape index (κ1) is 8.45. The van der Waals surface area contributed by atoms with Crippen LogP contribution in [0.1, 0.15) is 46.8 Å². The molecule has 0 fully saturated rings. The maximum atomic E-state index is 10.5. The normalized spacial score (nSPS) is 21.7. The summed E-state index contributed by atoms with van der Waals surface area (Å²) in [6.45, 7) is -1.10. The van der Waals surface area contributed by atoms with E-state index >= 15 is 0 Å². The van der Waals surface area contributed by atoms with Crippen LogP contribution in [0.4, 0.5) is 0 Å². The maximum absolute atomic E-state index is 10.5. The van der Waals surface area contributed by atoms with Gasteiger partial charge >= 0.3 is 0 Å². The van der Waals surface area contributed by atoms with Crippen LogP contribution in [0, 0.1) is 6.92 Å². The number of hydrogen-bond donors (Lipinski definition) is 1. The van der Waals surface area contributed by atoms with Crippen molar-refractivity contribution in [1.82, 2.24) is 0 Å². The van der Waals surface area contributed by atoms with Crippen molar-refractivity contribution < 1.29 is 35.8 Å². The summed E-state index contributed by atoms with van der Waals surface area (Å²) in [4.78, 5) is 0. The first-order valence-electron chi connectivity index (χ1n) is 13.6. The fourth-order valence-electron chi connectivity index (χ4n) is 2.04. The van der Waals surface area contributed by atoms with E-state index < -0.39 is 63.8 Å². The number of ether oxygens (including phenoxy) is 3. The smallest absolute Gasteiger partial charge is 0.160 e. The van der Waals surface area contributed by atoms with E-state index in [1.54, 1.807) is 19.1 Å². The van der Waals surface area contributed by atoms with Crippen molar-refractivity contribution in [2.24, 2.45) is 0 Å². The lowest BCUT2D eigenvalue weighted by Crippen LogP contribution is -2.17. The third-order valence-electron chi connectivity index (χ3n) is 3.23. The van der Waals surface area contributed by atoms with E-state index in [9.17, 15) is 5.11 Å². The fourth-order valence-corrected chi connectivity index (χ4v) is 2.04. The molecule has 1 N–H and O–H groups in total. The molecule has 136 valence electrons. The quantitative estimate of drug-likeness (QED) is 0.694. The van der Waals surface area contributed by atoms with Crippen molar-refractivity contribution in [3.8, 4) is 17.2 Å². The van der Waals surface area contributed by atoms with Crippen molar-refractivity contribution in [3.05, 3.63) is 53.6 Å². The first-order valence-corrected chi connectivity index (χ1v) is 7.58. The van der Waals surface area contributed by atoms with E-state index in [0.717, 1.165) is 23.8 Å². The van der Waals surface area contributed by atoms with Gasteiger partial charge in [-0.3, -0.25) is 0 Å². The summed E-state index contributed by atoms with van der Waals surface area (Å²) in [6.07, 6.45) is -8.46. The van der Waals surface area contributed by atoms with Gasteiger partial charge in [0.1, 0.15) is 12.3 Å². The van der Waals surface area contributed by atoms with Crippen molar-refractivity contribution in [2.45, 2.75) is 38.6 Å². The third kappa shape index (κ3) is 6.31. The minimum Gasteiger partial charge on any atom is -0.493 e. The van der Waals surface area contributed by atoms with Gasteiger partial charge in [0.15, 0.2) is 11.5 Å². The summed E-state index contributed by atoms with van der Waals surface area (Å²) in [5.41, 5.74) is 0.588. The number of aliphatic hydroxyl groups is 1. The Morgan fingerprint density at radius 2 is 1.92 bits per heavy atom. The molecule has 0 aromatic heterocycles. The molecule has 4 nitrogen and oxygen atoms in total. The second-order valence-electron chi connectivity index (χ2n) is 5.19. The zero-order chi connectivity index (χ0) is 28.4. The summed E-state index contributed by atoms with van der Waals surface area (Å²) < 4.78 is 107. The Bertz CT molecular complexity index is 1070. The van der Waals surface area contributed by atoms with Crippen LogP contribution in [-0.4, -0.2) is 31.8 Å². The molecule has 25 heavy (non-hydrogen) atoms. The summed E-state index contributed by atoms with van der Waals surface area (Å²) in [6, 6.07) is 9.42. The average Bonchev–Trinajstić information content (AvgIpc) is 2.71. The molecule has 1 unspecified atom stereocenters. The minimum atomic E-state index is -3.00. The molecule has 2 aromatic rings. The van der Waals surface area contributed by atoms with Crippen molar-refractivity contribution in [2.75, 3.05) is 20.6 Å². The first-order chi connectivity index (χ1) is 16.6. The van der Waals surface area contributed by atoms with E-state index in [4.69, 9.17) is 30.7 Å². The van der Waals surface area contributed by atoms with Gasteiger partial charge in [-0.1, -0.05) is 24.6 Å². The molecule has 0 saturated heterocycles. The molecule has 2 rings (SSSR count). The van der Waals surface area contributed by atoms with Gasteiger partial charge in [0.05, 0.1) is 31.1 Å². The van der Waals surface area contributed by atoms with E-state index in [2.05, 4.69) is 0 Å².